The van der Waals surface area contributed by atoms with Crippen LogP contribution in [0.15, 0.2) is 23.2 Å². The van der Waals surface area contributed by atoms with Crippen LogP contribution in [0.1, 0.15) is 5.69 Å². The van der Waals surface area contributed by atoms with E-state index in [0.29, 0.717) is 12.4 Å². The first kappa shape index (κ1) is 12.0. The molecule has 2 N–H and O–H groups in total. The van der Waals surface area contributed by atoms with Crippen molar-refractivity contribution in [2.75, 3.05) is 11.9 Å². The predicted octanol–water partition coefficient (Wildman–Crippen LogP) is 1.48. The molecule has 0 bridgehead atoms. The minimum atomic E-state index is 0.0686. The van der Waals surface area contributed by atoms with Crippen LogP contribution < -0.4 is 5.32 Å². The highest BCUT2D eigenvalue weighted by Gasteiger charge is 2.08. The van der Waals surface area contributed by atoms with Gasteiger partial charge in [0.05, 0.1) is 35.2 Å². The molecule has 0 radical (unpaired) electrons. The zero-order chi connectivity index (χ0) is 12.3. The summed E-state index contributed by atoms with van der Waals surface area (Å²) in [6.07, 6.45) is 4.85. The lowest BCUT2D eigenvalue weighted by Gasteiger charge is -2.06. The third-order valence-electron chi connectivity index (χ3n) is 2.34. The van der Waals surface area contributed by atoms with Crippen LogP contribution in [-0.4, -0.2) is 31.5 Å². The van der Waals surface area contributed by atoms with Crippen LogP contribution in [0.2, 0.25) is 0 Å². The maximum Gasteiger partial charge on any atom is 0.148 e. The van der Waals surface area contributed by atoms with E-state index >= 15 is 0 Å². The van der Waals surface area contributed by atoms with Gasteiger partial charge < -0.3 is 10.4 Å². The van der Waals surface area contributed by atoms with Gasteiger partial charge in [0, 0.05) is 6.20 Å². The van der Waals surface area contributed by atoms with Crippen molar-refractivity contribution < 1.29 is 5.11 Å². The van der Waals surface area contributed by atoms with Crippen LogP contribution in [0.4, 0.5) is 11.5 Å². The topological polar surface area (TPSA) is 75.9 Å². The minimum absolute atomic E-state index is 0.0686. The quantitative estimate of drug-likeness (QED) is 0.894. The molecule has 90 valence electrons. The number of rotatable bonds is 4. The van der Waals surface area contributed by atoms with E-state index in [1.165, 1.54) is 6.33 Å². The van der Waals surface area contributed by atoms with Crippen molar-refractivity contribution in [1.82, 2.24) is 19.7 Å². The van der Waals surface area contributed by atoms with Gasteiger partial charge in [0.1, 0.15) is 12.1 Å². The number of anilines is 2. The molecule has 0 fully saturated rings. The van der Waals surface area contributed by atoms with Gasteiger partial charge >= 0.3 is 0 Å². The van der Waals surface area contributed by atoms with E-state index in [4.69, 9.17) is 5.11 Å². The van der Waals surface area contributed by atoms with E-state index in [-0.39, 0.29) is 6.61 Å². The van der Waals surface area contributed by atoms with Gasteiger partial charge in [-0.3, -0.25) is 4.68 Å². The Morgan fingerprint density at radius 2 is 2.29 bits per heavy atom. The van der Waals surface area contributed by atoms with Gasteiger partial charge in [0.15, 0.2) is 0 Å². The fraction of sp³-hybridized carbons (Fsp3) is 0.300. The molecule has 0 atom stereocenters. The number of hydrogen-bond acceptors (Lipinski definition) is 5. The summed E-state index contributed by atoms with van der Waals surface area (Å²) in [6.45, 7) is 2.48. The summed E-state index contributed by atoms with van der Waals surface area (Å²) in [4.78, 5) is 8.01. The molecule has 0 aliphatic heterocycles. The SMILES string of the molecule is Cc1c(Nc2ncncc2Br)cnn1CCO. The number of nitrogens with zero attached hydrogens (tertiary/aromatic N) is 4. The summed E-state index contributed by atoms with van der Waals surface area (Å²) in [5.41, 5.74) is 1.81. The summed E-state index contributed by atoms with van der Waals surface area (Å²) in [5.74, 6) is 0.687. The molecule has 17 heavy (non-hydrogen) atoms. The average molecular weight is 298 g/mol. The predicted molar refractivity (Wildman–Crippen MR) is 67.1 cm³/mol. The Hall–Kier alpha value is -1.47. The molecule has 6 nitrogen and oxygen atoms in total. The smallest absolute Gasteiger partial charge is 0.148 e. The Bertz CT molecular complexity index is 513. The van der Waals surface area contributed by atoms with Gasteiger partial charge in [-0.2, -0.15) is 5.10 Å². The Morgan fingerprint density at radius 1 is 1.47 bits per heavy atom. The van der Waals surface area contributed by atoms with Crippen LogP contribution >= 0.6 is 15.9 Å². The molecule has 0 saturated carbocycles. The number of nitrogens with one attached hydrogen (secondary N) is 1. The molecule has 0 spiro atoms. The minimum Gasteiger partial charge on any atom is -0.394 e. The molecule has 2 aromatic rings. The van der Waals surface area contributed by atoms with Crippen molar-refractivity contribution in [3.05, 3.63) is 28.9 Å². The van der Waals surface area contributed by atoms with E-state index in [2.05, 4.69) is 36.3 Å². The zero-order valence-corrected chi connectivity index (χ0v) is 10.8. The Labute approximate surface area is 107 Å². The summed E-state index contributed by atoms with van der Waals surface area (Å²) >= 11 is 3.36. The van der Waals surface area contributed by atoms with Gasteiger partial charge in [-0.1, -0.05) is 0 Å². The summed E-state index contributed by atoms with van der Waals surface area (Å²) in [6, 6.07) is 0. The Balaban J connectivity index is 2.22. The molecule has 2 rings (SSSR count). The van der Waals surface area contributed by atoms with E-state index in [0.717, 1.165) is 15.9 Å². The van der Waals surface area contributed by atoms with E-state index in [1.807, 2.05) is 6.92 Å². The maximum absolute atomic E-state index is 8.88. The molecule has 2 aromatic heterocycles. The highest BCUT2D eigenvalue weighted by Crippen LogP contribution is 2.23. The van der Waals surface area contributed by atoms with Crippen LogP contribution in [0, 0.1) is 6.92 Å². The van der Waals surface area contributed by atoms with Gasteiger partial charge in [-0.25, -0.2) is 9.97 Å². The molecule has 0 saturated heterocycles. The van der Waals surface area contributed by atoms with Crippen molar-refractivity contribution in [3.63, 3.8) is 0 Å². The van der Waals surface area contributed by atoms with Crippen molar-refractivity contribution in [1.29, 1.82) is 0 Å². The summed E-state index contributed by atoms with van der Waals surface area (Å²) in [5, 5.41) is 16.2. The van der Waals surface area contributed by atoms with Gasteiger partial charge in [0.25, 0.3) is 0 Å². The monoisotopic (exact) mass is 297 g/mol. The molecule has 0 aliphatic carbocycles. The first-order valence-electron chi connectivity index (χ1n) is 5.08. The zero-order valence-electron chi connectivity index (χ0n) is 9.26. The number of aromatic nitrogens is 4. The second kappa shape index (κ2) is 5.24. The molecule has 0 amide bonds. The second-order valence-corrected chi connectivity index (χ2v) is 4.29. The number of halogens is 1. The van der Waals surface area contributed by atoms with E-state index in [9.17, 15) is 0 Å². The van der Waals surface area contributed by atoms with Crippen molar-refractivity contribution in [2.24, 2.45) is 0 Å². The molecule has 0 aliphatic rings. The normalized spacial score (nSPS) is 10.5. The molecule has 2 heterocycles. The van der Waals surface area contributed by atoms with Gasteiger partial charge in [0.2, 0.25) is 0 Å². The third kappa shape index (κ3) is 2.62. The van der Waals surface area contributed by atoms with Crippen LogP contribution in [-0.2, 0) is 6.54 Å². The second-order valence-electron chi connectivity index (χ2n) is 3.43. The number of aliphatic hydroxyl groups is 1. The van der Waals surface area contributed by atoms with Crippen LogP contribution in [0.5, 0.6) is 0 Å². The van der Waals surface area contributed by atoms with Crippen molar-refractivity contribution in [3.8, 4) is 0 Å². The lowest BCUT2D eigenvalue weighted by molar-refractivity contribution is 0.268. The van der Waals surface area contributed by atoms with E-state index in [1.54, 1.807) is 17.1 Å². The lowest BCUT2D eigenvalue weighted by atomic mass is 10.4. The van der Waals surface area contributed by atoms with Crippen molar-refractivity contribution in [2.45, 2.75) is 13.5 Å². The Morgan fingerprint density at radius 3 is 3.00 bits per heavy atom. The summed E-state index contributed by atoms with van der Waals surface area (Å²) in [7, 11) is 0. The molecule has 0 unspecified atom stereocenters. The maximum atomic E-state index is 8.88. The molecular formula is C10H12BrN5O. The highest BCUT2D eigenvalue weighted by atomic mass is 79.9. The van der Waals surface area contributed by atoms with E-state index < -0.39 is 0 Å². The fourth-order valence-corrected chi connectivity index (χ4v) is 1.74. The van der Waals surface area contributed by atoms with Crippen molar-refractivity contribution >= 4 is 27.4 Å². The lowest BCUT2D eigenvalue weighted by Crippen LogP contribution is -2.06. The highest BCUT2D eigenvalue weighted by molar-refractivity contribution is 9.10. The first-order valence-corrected chi connectivity index (χ1v) is 5.87. The van der Waals surface area contributed by atoms with Crippen LogP contribution in [0.3, 0.4) is 0 Å². The summed E-state index contributed by atoms with van der Waals surface area (Å²) < 4.78 is 2.52. The molecule has 7 heteroatoms. The molecule has 0 aromatic carbocycles. The van der Waals surface area contributed by atoms with Gasteiger partial charge in [-0.15, -0.1) is 0 Å². The Kier molecular flexibility index (Phi) is 3.70. The van der Waals surface area contributed by atoms with Gasteiger partial charge in [-0.05, 0) is 22.9 Å². The largest absolute Gasteiger partial charge is 0.394 e. The molecular weight excluding hydrogens is 286 g/mol. The standard InChI is InChI=1S/C10H12BrN5O/c1-7-9(5-14-16(7)2-3-17)15-10-8(11)4-12-6-13-10/h4-6,17H,2-3H2,1H3,(H,12,13,15). The number of hydrogen-bond donors (Lipinski definition) is 2. The fourth-order valence-electron chi connectivity index (χ4n) is 1.42. The number of aliphatic hydroxyl groups excluding tert-OH is 1. The van der Waals surface area contributed by atoms with Crippen LogP contribution in [0.25, 0.3) is 0 Å². The average Bonchev–Trinajstić information content (AvgIpc) is 2.65. The first-order chi connectivity index (χ1) is 8.22. The third-order valence-corrected chi connectivity index (χ3v) is 2.92.